The van der Waals surface area contributed by atoms with E-state index in [-0.39, 0.29) is 36.4 Å². The summed E-state index contributed by atoms with van der Waals surface area (Å²) in [6, 6.07) is 0. The van der Waals surface area contributed by atoms with E-state index in [0.717, 1.165) is 49.3 Å². The van der Waals surface area contributed by atoms with Gasteiger partial charge in [-0.3, -0.25) is 10.1 Å². The second-order valence-electron chi connectivity index (χ2n) is 10.5. The lowest BCUT2D eigenvalue weighted by molar-refractivity contribution is -0.147. The standard InChI is InChI=1S/C25H37N3O5S/c1-4-12-33-23(32)27-22-26-21-16(13-20(31)28-10-6-5-7-11-28)24(2)9-8-19(30)25(3,15-29)18(24)14-17(21)34-22/h4,16,18-19,29-30H,1,5-15H2,2-3H3,(H,26,27,32). The molecule has 4 rings (SSSR count). The first-order chi connectivity index (χ1) is 16.2. The Morgan fingerprint density at radius 2 is 2.06 bits per heavy atom. The first-order valence-corrected chi connectivity index (χ1v) is 13.2. The molecule has 5 unspecified atom stereocenters. The molecule has 1 aromatic heterocycles. The number of aliphatic hydroxyl groups excluding tert-OH is 2. The molecule has 1 saturated carbocycles. The monoisotopic (exact) mass is 491 g/mol. The maximum Gasteiger partial charge on any atom is 0.413 e. The lowest BCUT2D eigenvalue weighted by Gasteiger charge is -2.58. The molecule has 188 valence electrons. The van der Waals surface area contributed by atoms with Gasteiger partial charge in [-0.1, -0.05) is 26.5 Å². The first-order valence-electron chi connectivity index (χ1n) is 12.3. The fourth-order valence-corrected chi connectivity index (χ4v) is 7.46. The van der Waals surface area contributed by atoms with Gasteiger partial charge in [-0.15, -0.1) is 11.3 Å². The Morgan fingerprint density at radius 3 is 2.74 bits per heavy atom. The van der Waals surface area contributed by atoms with E-state index < -0.39 is 17.6 Å². The molecule has 3 N–H and O–H groups in total. The predicted octanol–water partition coefficient (Wildman–Crippen LogP) is 3.70. The molecule has 0 radical (unpaired) electrons. The van der Waals surface area contributed by atoms with Crippen LogP contribution in [-0.4, -0.2) is 64.5 Å². The number of ether oxygens (including phenoxy) is 1. The predicted molar refractivity (Wildman–Crippen MR) is 131 cm³/mol. The zero-order valence-electron chi connectivity index (χ0n) is 20.2. The van der Waals surface area contributed by atoms with Crippen molar-refractivity contribution < 1.29 is 24.5 Å². The summed E-state index contributed by atoms with van der Waals surface area (Å²) in [4.78, 5) is 33.3. The van der Waals surface area contributed by atoms with Gasteiger partial charge in [-0.05, 0) is 49.9 Å². The highest BCUT2D eigenvalue weighted by molar-refractivity contribution is 7.15. The van der Waals surface area contributed by atoms with Crippen LogP contribution in [0, 0.1) is 16.7 Å². The molecule has 0 aromatic carbocycles. The van der Waals surface area contributed by atoms with E-state index in [4.69, 9.17) is 9.72 Å². The number of carbonyl (C=O) groups is 2. The zero-order valence-corrected chi connectivity index (χ0v) is 21.0. The van der Waals surface area contributed by atoms with Crippen LogP contribution in [-0.2, 0) is 16.0 Å². The van der Waals surface area contributed by atoms with E-state index >= 15 is 0 Å². The van der Waals surface area contributed by atoms with E-state index in [2.05, 4.69) is 18.8 Å². The molecular weight excluding hydrogens is 454 g/mol. The van der Waals surface area contributed by atoms with Gasteiger partial charge in [0, 0.05) is 35.7 Å². The van der Waals surface area contributed by atoms with Gasteiger partial charge >= 0.3 is 6.09 Å². The lowest BCUT2D eigenvalue weighted by atomic mass is 9.47. The van der Waals surface area contributed by atoms with Gasteiger partial charge in [0.2, 0.25) is 5.91 Å². The summed E-state index contributed by atoms with van der Waals surface area (Å²) in [5, 5.41) is 24.4. The smallest absolute Gasteiger partial charge is 0.413 e. The number of fused-ring (bicyclic) bond motifs is 2. The molecule has 0 spiro atoms. The Hall–Kier alpha value is -1.97. The molecule has 1 saturated heterocycles. The van der Waals surface area contributed by atoms with Gasteiger partial charge in [-0.25, -0.2) is 9.78 Å². The van der Waals surface area contributed by atoms with E-state index in [1.165, 1.54) is 17.4 Å². The largest absolute Gasteiger partial charge is 0.445 e. The van der Waals surface area contributed by atoms with Crippen molar-refractivity contribution in [3.05, 3.63) is 23.2 Å². The van der Waals surface area contributed by atoms with Gasteiger partial charge < -0.3 is 19.8 Å². The lowest BCUT2D eigenvalue weighted by Crippen LogP contribution is -2.57. The highest BCUT2D eigenvalue weighted by Gasteiger charge is 2.59. The number of hydrogen-bond acceptors (Lipinski definition) is 7. The number of rotatable bonds is 6. The Balaban J connectivity index is 1.68. The van der Waals surface area contributed by atoms with Crippen molar-refractivity contribution >= 4 is 28.5 Å². The van der Waals surface area contributed by atoms with Gasteiger partial charge in [0.25, 0.3) is 0 Å². The minimum Gasteiger partial charge on any atom is -0.445 e. The molecular formula is C25H37N3O5S. The van der Waals surface area contributed by atoms with Crippen molar-refractivity contribution in [2.75, 3.05) is 31.6 Å². The van der Waals surface area contributed by atoms with Gasteiger partial charge in [0.05, 0.1) is 18.4 Å². The quantitative estimate of drug-likeness (QED) is 0.523. The maximum atomic E-state index is 13.4. The van der Waals surface area contributed by atoms with Crippen LogP contribution in [0.3, 0.4) is 0 Å². The summed E-state index contributed by atoms with van der Waals surface area (Å²) in [5.74, 6) is -0.0197. The second-order valence-corrected chi connectivity index (χ2v) is 11.6. The van der Waals surface area contributed by atoms with Crippen molar-refractivity contribution in [1.29, 1.82) is 0 Å². The molecule has 2 amide bonds. The summed E-state index contributed by atoms with van der Waals surface area (Å²) < 4.78 is 5.05. The summed E-state index contributed by atoms with van der Waals surface area (Å²) in [7, 11) is 0. The summed E-state index contributed by atoms with van der Waals surface area (Å²) in [6.45, 7) is 9.29. The van der Waals surface area contributed by atoms with Crippen LogP contribution < -0.4 is 5.32 Å². The highest BCUT2D eigenvalue weighted by atomic mass is 32.1. The van der Waals surface area contributed by atoms with Gasteiger partial charge in [-0.2, -0.15) is 0 Å². The van der Waals surface area contributed by atoms with Crippen molar-refractivity contribution in [3.8, 4) is 0 Å². The third kappa shape index (κ3) is 4.50. The van der Waals surface area contributed by atoms with Crippen molar-refractivity contribution in [2.45, 2.75) is 70.8 Å². The Labute approximate surface area is 205 Å². The average Bonchev–Trinajstić information content (AvgIpc) is 3.24. The molecule has 0 bridgehead atoms. The average molecular weight is 492 g/mol. The SMILES string of the molecule is C=CCOC(=O)Nc1nc2c(s1)CC1C(C)(CO)C(O)CCC1(C)C2CC(=O)N1CCCCC1. The third-order valence-corrected chi connectivity index (χ3v) is 9.53. The molecule has 3 aliphatic rings. The molecule has 2 heterocycles. The van der Waals surface area contributed by atoms with Crippen LogP contribution in [0.25, 0.3) is 0 Å². The number of aliphatic hydroxyl groups is 2. The van der Waals surface area contributed by atoms with E-state index in [1.807, 2.05) is 11.8 Å². The number of carbonyl (C=O) groups excluding carboxylic acids is 2. The highest BCUT2D eigenvalue weighted by Crippen LogP contribution is 2.62. The Bertz CT molecular complexity index is 930. The Morgan fingerprint density at radius 1 is 1.32 bits per heavy atom. The van der Waals surface area contributed by atoms with Crippen LogP contribution in [0.15, 0.2) is 12.7 Å². The number of amides is 2. The van der Waals surface area contributed by atoms with E-state index in [0.29, 0.717) is 24.4 Å². The van der Waals surface area contributed by atoms with E-state index in [1.54, 1.807) is 0 Å². The molecule has 5 atom stereocenters. The molecule has 1 aromatic rings. The van der Waals surface area contributed by atoms with Crippen LogP contribution in [0.1, 0.15) is 68.9 Å². The van der Waals surface area contributed by atoms with Crippen LogP contribution in [0.2, 0.25) is 0 Å². The maximum absolute atomic E-state index is 13.4. The number of nitrogens with one attached hydrogen (secondary N) is 1. The molecule has 9 heteroatoms. The topological polar surface area (TPSA) is 112 Å². The number of nitrogens with zero attached hydrogens (tertiary/aromatic N) is 2. The fraction of sp³-hybridized carbons (Fsp3) is 0.720. The summed E-state index contributed by atoms with van der Waals surface area (Å²) >= 11 is 1.39. The number of anilines is 1. The fourth-order valence-electron chi connectivity index (χ4n) is 6.40. The third-order valence-electron chi connectivity index (χ3n) is 8.52. The molecule has 2 fully saturated rings. The normalized spacial score (nSPS) is 32.9. The van der Waals surface area contributed by atoms with Crippen molar-refractivity contribution in [1.82, 2.24) is 9.88 Å². The van der Waals surface area contributed by atoms with Crippen molar-refractivity contribution in [2.24, 2.45) is 16.7 Å². The van der Waals surface area contributed by atoms with E-state index in [9.17, 15) is 19.8 Å². The first kappa shape index (κ1) is 25.1. The molecule has 2 aliphatic carbocycles. The molecule has 34 heavy (non-hydrogen) atoms. The number of thiazole rings is 1. The number of hydrogen-bond donors (Lipinski definition) is 3. The number of likely N-dealkylation sites (tertiary alicyclic amines) is 1. The second kappa shape index (κ2) is 9.95. The summed E-state index contributed by atoms with van der Waals surface area (Å²) in [6.07, 6.45) is 5.87. The van der Waals surface area contributed by atoms with Crippen LogP contribution >= 0.6 is 11.3 Å². The zero-order chi connectivity index (χ0) is 24.5. The minimum absolute atomic E-state index is 0.0126. The van der Waals surface area contributed by atoms with Gasteiger partial charge in [0.1, 0.15) is 6.61 Å². The van der Waals surface area contributed by atoms with Crippen LogP contribution in [0.5, 0.6) is 0 Å². The minimum atomic E-state index is -0.669. The summed E-state index contributed by atoms with van der Waals surface area (Å²) in [5.41, 5.74) is -0.105. The Kier molecular flexibility index (Phi) is 7.36. The molecule has 8 nitrogen and oxygen atoms in total. The molecule has 1 aliphatic heterocycles. The van der Waals surface area contributed by atoms with Crippen molar-refractivity contribution in [3.63, 3.8) is 0 Å². The van der Waals surface area contributed by atoms with Gasteiger partial charge in [0.15, 0.2) is 5.13 Å². The van der Waals surface area contributed by atoms with Crippen LogP contribution in [0.4, 0.5) is 9.93 Å². The number of aromatic nitrogens is 1. The number of piperidine rings is 1.